The van der Waals surface area contributed by atoms with Gasteiger partial charge < -0.3 is 9.47 Å². The van der Waals surface area contributed by atoms with Crippen LogP contribution in [0.1, 0.15) is 19.8 Å². The fourth-order valence-electron chi connectivity index (χ4n) is 1.14. The Hall–Kier alpha value is -1.25. The molecular formula is C11H15FO2. The number of para-hydroxylation sites is 2. The van der Waals surface area contributed by atoms with E-state index in [1.54, 1.807) is 18.2 Å². The molecule has 0 bridgehead atoms. The fourth-order valence-corrected chi connectivity index (χ4v) is 1.14. The van der Waals surface area contributed by atoms with E-state index < -0.39 is 6.36 Å². The first kappa shape index (κ1) is 10.8. The smallest absolute Gasteiger partial charge is 0.238 e. The maximum atomic E-state index is 13.1. The zero-order chi connectivity index (χ0) is 10.4. The van der Waals surface area contributed by atoms with Crippen molar-refractivity contribution in [2.45, 2.75) is 26.1 Å². The summed E-state index contributed by atoms with van der Waals surface area (Å²) in [5.74, 6) is 1.02. The van der Waals surface area contributed by atoms with E-state index in [2.05, 4.69) is 0 Å². The highest BCUT2D eigenvalue weighted by molar-refractivity contribution is 5.39. The second kappa shape index (κ2) is 5.47. The molecule has 0 fully saturated rings. The lowest BCUT2D eigenvalue weighted by molar-refractivity contribution is 0.0560. The van der Waals surface area contributed by atoms with Crippen LogP contribution >= 0.6 is 0 Å². The van der Waals surface area contributed by atoms with Crippen molar-refractivity contribution in [3.8, 4) is 11.5 Å². The molecule has 78 valence electrons. The first-order chi connectivity index (χ1) is 6.77. The van der Waals surface area contributed by atoms with Gasteiger partial charge in [0.25, 0.3) is 0 Å². The van der Waals surface area contributed by atoms with Gasteiger partial charge in [-0.2, -0.15) is 0 Å². The Morgan fingerprint density at radius 3 is 2.50 bits per heavy atom. The highest BCUT2D eigenvalue weighted by Crippen LogP contribution is 2.27. The average Bonchev–Trinajstić information content (AvgIpc) is 2.19. The first-order valence-corrected chi connectivity index (χ1v) is 4.71. The van der Waals surface area contributed by atoms with Crippen molar-refractivity contribution in [1.29, 1.82) is 0 Å². The Balaban J connectivity index is 2.65. The van der Waals surface area contributed by atoms with Crippen LogP contribution in [-0.2, 0) is 0 Å². The molecule has 0 saturated carbocycles. The topological polar surface area (TPSA) is 18.5 Å². The number of alkyl halides is 1. The molecule has 1 rings (SSSR count). The van der Waals surface area contributed by atoms with Crippen LogP contribution in [-0.4, -0.2) is 13.5 Å². The van der Waals surface area contributed by atoms with Crippen molar-refractivity contribution in [1.82, 2.24) is 0 Å². The second-order valence-electron chi connectivity index (χ2n) is 2.97. The van der Waals surface area contributed by atoms with E-state index in [1.165, 1.54) is 7.11 Å². The summed E-state index contributed by atoms with van der Waals surface area (Å²) in [7, 11) is 1.54. The minimum absolute atomic E-state index is 0.401. The van der Waals surface area contributed by atoms with Crippen LogP contribution in [0.3, 0.4) is 0 Å². The Morgan fingerprint density at radius 1 is 1.29 bits per heavy atom. The molecule has 0 aliphatic carbocycles. The van der Waals surface area contributed by atoms with Gasteiger partial charge in [0.2, 0.25) is 6.36 Å². The van der Waals surface area contributed by atoms with Gasteiger partial charge in [0.05, 0.1) is 7.11 Å². The lowest BCUT2D eigenvalue weighted by Crippen LogP contribution is -2.09. The standard InChI is InChI=1S/C11H15FO2/c1-3-6-11(12)14-10-8-5-4-7-9(10)13-2/h4-5,7-8,11H,3,6H2,1-2H3. The lowest BCUT2D eigenvalue weighted by atomic mass is 10.3. The minimum atomic E-state index is -1.25. The monoisotopic (exact) mass is 198 g/mol. The predicted molar refractivity (Wildman–Crippen MR) is 53.4 cm³/mol. The first-order valence-electron chi connectivity index (χ1n) is 4.71. The molecule has 1 aromatic carbocycles. The van der Waals surface area contributed by atoms with Crippen molar-refractivity contribution < 1.29 is 13.9 Å². The number of hydrogen-bond acceptors (Lipinski definition) is 2. The molecule has 3 heteroatoms. The molecular weight excluding hydrogens is 183 g/mol. The summed E-state index contributed by atoms with van der Waals surface area (Å²) in [6.07, 6.45) is -0.0924. The van der Waals surface area contributed by atoms with Gasteiger partial charge in [0, 0.05) is 6.42 Å². The molecule has 0 N–H and O–H groups in total. The van der Waals surface area contributed by atoms with Crippen LogP contribution in [0.2, 0.25) is 0 Å². The molecule has 0 aromatic heterocycles. The Labute approximate surface area is 83.6 Å². The molecule has 1 atom stereocenters. The van der Waals surface area contributed by atoms with Gasteiger partial charge in [0.1, 0.15) is 0 Å². The van der Waals surface area contributed by atoms with E-state index in [0.717, 1.165) is 6.42 Å². The number of rotatable bonds is 5. The van der Waals surface area contributed by atoms with Gasteiger partial charge in [-0.15, -0.1) is 0 Å². The zero-order valence-corrected chi connectivity index (χ0v) is 8.50. The molecule has 0 heterocycles. The van der Waals surface area contributed by atoms with E-state index in [9.17, 15) is 4.39 Å². The molecule has 2 nitrogen and oxygen atoms in total. The van der Waals surface area contributed by atoms with Crippen LogP contribution < -0.4 is 9.47 Å². The maximum absolute atomic E-state index is 13.1. The average molecular weight is 198 g/mol. The highest BCUT2D eigenvalue weighted by Gasteiger charge is 2.09. The number of halogens is 1. The van der Waals surface area contributed by atoms with Crippen molar-refractivity contribution in [2.75, 3.05) is 7.11 Å². The van der Waals surface area contributed by atoms with Gasteiger partial charge in [0.15, 0.2) is 11.5 Å². The minimum Gasteiger partial charge on any atom is -0.493 e. The fraction of sp³-hybridized carbons (Fsp3) is 0.455. The number of ether oxygens (including phenoxy) is 2. The summed E-state index contributed by atoms with van der Waals surface area (Å²) < 4.78 is 23.2. The Morgan fingerprint density at radius 2 is 1.93 bits per heavy atom. The third kappa shape index (κ3) is 2.91. The quantitative estimate of drug-likeness (QED) is 0.723. The zero-order valence-electron chi connectivity index (χ0n) is 8.50. The largest absolute Gasteiger partial charge is 0.493 e. The van der Waals surface area contributed by atoms with Gasteiger partial charge in [-0.05, 0) is 18.6 Å². The number of benzene rings is 1. The van der Waals surface area contributed by atoms with Crippen LogP contribution in [0.15, 0.2) is 24.3 Å². The summed E-state index contributed by atoms with van der Waals surface area (Å²) in [5.41, 5.74) is 0. The second-order valence-corrected chi connectivity index (χ2v) is 2.97. The van der Waals surface area contributed by atoms with E-state index >= 15 is 0 Å². The van der Waals surface area contributed by atoms with Crippen LogP contribution in [0.5, 0.6) is 11.5 Å². The van der Waals surface area contributed by atoms with Crippen molar-refractivity contribution in [3.63, 3.8) is 0 Å². The summed E-state index contributed by atoms with van der Waals surface area (Å²) in [6.45, 7) is 1.91. The number of methoxy groups -OCH3 is 1. The molecule has 0 saturated heterocycles. The van der Waals surface area contributed by atoms with Gasteiger partial charge in [-0.1, -0.05) is 19.1 Å². The van der Waals surface area contributed by atoms with Crippen molar-refractivity contribution in [3.05, 3.63) is 24.3 Å². The van der Waals surface area contributed by atoms with E-state index in [-0.39, 0.29) is 0 Å². The Bertz CT molecular complexity index is 276. The van der Waals surface area contributed by atoms with Gasteiger partial charge >= 0.3 is 0 Å². The molecule has 14 heavy (non-hydrogen) atoms. The summed E-state index contributed by atoms with van der Waals surface area (Å²) >= 11 is 0. The SMILES string of the molecule is CCCC(F)Oc1ccccc1OC. The molecule has 0 radical (unpaired) electrons. The highest BCUT2D eigenvalue weighted by atomic mass is 19.1. The lowest BCUT2D eigenvalue weighted by Gasteiger charge is -2.12. The third-order valence-corrected chi connectivity index (χ3v) is 1.84. The normalized spacial score (nSPS) is 12.2. The molecule has 1 aromatic rings. The van der Waals surface area contributed by atoms with Gasteiger partial charge in [-0.3, -0.25) is 0 Å². The third-order valence-electron chi connectivity index (χ3n) is 1.84. The van der Waals surface area contributed by atoms with Gasteiger partial charge in [-0.25, -0.2) is 4.39 Å². The van der Waals surface area contributed by atoms with Crippen molar-refractivity contribution >= 4 is 0 Å². The predicted octanol–water partition coefficient (Wildman–Crippen LogP) is 3.17. The molecule has 0 aliphatic rings. The van der Waals surface area contributed by atoms with E-state index in [4.69, 9.17) is 9.47 Å². The molecule has 1 unspecified atom stereocenters. The summed E-state index contributed by atoms with van der Waals surface area (Å²) in [4.78, 5) is 0. The molecule has 0 amide bonds. The summed E-state index contributed by atoms with van der Waals surface area (Å²) in [6, 6.07) is 7.05. The van der Waals surface area contributed by atoms with E-state index in [0.29, 0.717) is 17.9 Å². The van der Waals surface area contributed by atoms with E-state index in [1.807, 2.05) is 13.0 Å². The molecule has 0 spiro atoms. The maximum Gasteiger partial charge on any atom is 0.238 e. The van der Waals surface area contributed by atoms with Crippen LogP contribution in [0.25, 0.3) is 0 Å². The van der Waals surface area contributed by atoms with Crippen LogP contribution in [0, 0.1) is 0 Å². The summed E-state index contributed by atoms with van der Waals surface area (Å²) in [5, 5.41) is 0. The number of hydrogen-bond donors (Lipinski definition) is 0. The molecule has 0 aliphatic heterocycles. The van der Waals surface area contributed by atoms with Crippen molar-refractivity contribution in [2.24, 2.45) is 0 Å². The Kier molecular flexibility index (Phi) is 4.23. The van der Waals surface area contributed by atoms with Crippen LogP contribution in [0.4, 0.5) is 4.39 Å².